The predicted octanol–water partition coefficient (Wildman–Crippen LogP) is 4.16. The Balaban J connectivity index is 1.25. The molecule has 3 aromatic rings. The molecule has 0 aliphatic heterocycles. The zero-order valence-corrected chi connectivity index (χ0v) is 26.5. The summed E-state index contributed by atoms with van der Waals surface area (Å²) < 4.78 is 39.9. The molecule has 45 heavy (non-hydrogen) atoms. The Hall–Kier alpha value is -3.74. The van der Waals surface area contributed by atoms with E-state index in [-0.39, 0.29) is 48.3 Å². The summed E-state index contributed by atoms with van der Waals surface area (Å²) >= 11 is 0. The molecular weight excluding hydrogens is 594 g/mol. The van der Waals surface area contributed by atoms with Crippen molar-refractivity contribution in [2.45, 2.75) is 95.4 Å². The Kier molecular flexibility index (Phi) is 11.2. The van der Waals surface area contributed by atoms with Crippen molar-refractivity contribution in [1.29, 1.82) is 0 Å². The standard InChI is InChI=1S/C33H43N5O6S/c1-45(41,42)37-31-20-28(33(40)35-27-17-9-11-19-30(27)44-23-25-14-6-3-7-15-25)38(36-31)21-32(39)34-26-16-8-10-18-29(26)43-22-24-12-4-2-5-13-24/h2-7,12-15,20,26-27,29-30H,8-11,16-19,21-23H2,1H3,(H,34,39)(H,35,40)(H,36,37)/t26-,27-,29-,30-/m0/s1. The van der Waals surface area contributed by atoms with E-state index in [1.165, 1.54) is 10.7 Å². The molecule has 2 amide bonds. The average Bonchev–Trinajstić information content (AvgIpc) is 3.41. The number of anilines is 1. The minimum atomic E-state index is -3.66. The molecule has 0 spiro atoms. The van der Waals surface area contributed by atoms with Crippen molar-refractivity contribution in [3.05, 3.63) is 83.6 Å². The van der Waals surface area contributed by atoms with Crippen LogP contribution < -0.4 is 15.4 Å². The number of carbonyl (C=O) groups excluding carboxylic acids is 2. The summed E-state index contributed by atoms with van der Waals surface area (Å²) in [5.41, 5.74) is 2.21. The summed E-state index contributed by atoms with van der Waals surface area (Å²) in [6.07, 6.45) is 7.84. The number of carbonyl (C=O) groups is 2. The Morgan fingerprint density at radius 3 is 1.84 bits per heavy atom. The minimum absolute atomic E-state index is 0.0299. The van der Waals surface area contributed by atoms with Gasteiger partial charge in [0.05, 0.1) is 43.8 Å². The van der Waals surface area contributed by atoms with Crippen molar-refractivity contribution >= 4 is 27.7 Å². The number of aromatic nitrogens is 2. The lowest BCUT2D eigenvalue weighted by atomic mass is 9.92. The molecule has 0 unspecified atom stereocenters. The quantitative estimate of drug-likeness (QED) is 0.256. The van der Waals surface area contributed by atoms with Crippen molar-refractivity contribution in [2.75, 3.05) is 11.0 Å². The number of nitrogens with one attached hydrogen (secondary N) is 3. The van der Waals surface area contributed by atoms with Crippen molar-refractivity contribution in [3.8, 4) is 0 Å². The van der Waals surface area contributed by atoms with Gasteiger partial charge in [0.15, 0.2) is 5.82 Å². The number of rotatable bonds is 13. The lowest BCUT2D eigenvalue weighted by Gasteiger charge is -2.32. The van der Waals surface area contributed by atoms with Crippen molar-refractivity contribution in [2.24, 2.45) is 0 Å². The van der Waals surface area contributed by atoms with Crippen molar-refractivity contribution < 1.29 is 27.5 Å². The molecule has 5 rings (SSSR count). The highest BCUT2D eigenvalue weighted by Gasteiger charge is 2.31. The van der Waals surface area contributed by atoms with Crippen LogP contribution in [0.1, 0.15) is 73.0 Å². The average molecular weight is 638 g/mol. The summed E-state index contributed by atoms with van der Waals surface area (Å²) in [6, 6.07) is 20.7. The van der Waals surface area contributed by atoms with Crippen LogP contribution in [0.5, 0.6) is 0 Å². The molecule has 0 bridgehead atoms. The molecule has 0 radical (unpaired) electrons. The van der Waals surface area contributed by atoms with Gasteiger partial charge in [-0.1, -0.05) is 86.3 Å². The smallest absolute Gasteiger partial charge is 0.269 e. The number of benzene rings is 2. The van der Waals surface area contributed by atoms with Gasteiger partial charge in [0, 0.05) is 6.07 Å². The summed E-state index contributed by atoms with van der Waals surface area (Å²) in [5, 5.41) is 10.4. The Morgan fingerprint density at radius 2 is 1.31 bits per heavy atom. The van der Waals surface area contributed by atoms with E-state index in [1.807, 2.05) is 60.7 Å². The van der Waals surface area contributed by atoms with Crippen LogP contribution in [0.3, 0.4) is 0 Å². The van der Waals surface area contributed by atoms with Gasteiger partial charge in [-0.15, -0.1) is 0 Å². The first-order valence-corrected chi connectivity index (χ1v) is 17.6. The van der Waals surface area contributed by atoms with Crippen LogP contribution in [0.25, 0.3) is 0 Å². The largest absolute Gasteiger partial charge is 0.371 e. The predicted molar refractivity (Wildman–Crippen MR) is 171 cm³/mol. The number of hydrogen-bond acceptors (Lipinski definition) is 7. The number of nitrogens with zero attached hydrogens (tertiary/aromatic N) is 2. The highest BCUT2D eigenvalue weighted by Crippen LogP contribution is 2.24. The first-order chi connectivity index (χ1) is 21.7. The van der Waals surface area contributed by atoms with Gasteiger partial charge in [-0.05, 0) is 36.8 Å². The maximum absolute atomic E-state index is 13.6. The van der Waals surface area contributed by atoms with Gasteiger partial charge in [-0.2, -0.15) is 5.10 Å². The van der Waals surface area contributed by atoms with E-state index in [0.717, 1.165) is 68.7 Å². The number of sulfonamides is 1. The molecule has 242 valence electrons. The van der Waals surface area contributed by atoms with Gasteiger partial charge in [0.2, 0.25) is 15.9 Å². The van der Waals surface area contributed by atoms with E-state index < -0.39 is 15.9 Å². The maximum Gasteiger partial charge on any atom is 0.269 e. The lowest BCUT2D eigenvalue weighted by Crippen LogP contribution is -2.48. The highest BCUT2D eigenvalue weighted by atomic mass is 32.2. The molecule has 2 aliphatic rings. The SMILES string of the molecule is CS(=O)(=O)Nc1cc(C(=O)N[C@H]2CCCC[C@@H]2OCc2ccccc2)n(CC(=O)N[C@H]2CCCC[C@@H]2OCc2ccccc2)n1. The molecule has 2 fully saturated rings. The van der Waals surface area contributed by atoms with Gasteiger partial charge >= 0.3 is 0 Å². The topological polar surface area (TPSA) is 141 Å². The molecular formula is C33H43N5O6S. The Morgan fingerprint density at radius 1 is 0.800 bits per heavy atom. The third kappa shape index (κ3) is 9.87. The monoisotopic (exact) mass is 637 g/mol. The molecule has 0 saturated heterocycles. The fourth-order valence-corrected chi connectivity index (χ4v) is 6.55. The van der Waals surface area contributed by atoms with E-state index in [9.17, 15) is 18.0 Å². The van der Waals surface area contributed by atoms with E-state index in [2.05, 4.69) is 20.5 Å². The number of ether oxygens (including phenoxy) is 2. The highest BCUT2D eigenvalue weighted by molar-refractivity contribution is 7.92. The third-order valence-corrected chi connectivity index (χ3v) is 8.86. The zero-order valence-electron chi connectivity index (χ0n) is 25.7. The molecule has 4 atom stereocenters. The molecule has 2 saturated carbocycles. The lowest BCUT2D eigenvalue weighted by molar-refractivity contribution is -0.124. The van der Waals surface area contributed by atoms with Crippen molar-refractivity contribution in [1.82, 2.24) is 20.4 Å². The molecule has 2 aliphatic carbocycles. The fraction of sp³-hybridized carbons (Fsp3) is 0.485. The van der Waals surface area contributed by atoms with Crippen LogP contribution in [0, 0.1) is 0 Å². The minimum Gasteiger partial charge on any atom is -0.371 e. The molecule has 3 N–H and O–H groups in total. The van der Waals surface area contributed by atoms with Gasteiger partial charge in [0.1, 0.15) is 12.2 Å². The van der Waals surface area contributed by atoms with Crippen LogP contribution in [-0.4, -0.2) is 60.6 Å². The van der Waals surface area contributed by atoms with E-state index in [0.29, 0.717) is 13.2 Å². The van der Waals surface area contributed by atoms with E-state index in [4.69, 9.17) is 9.47 Å². The molecule has 2 aromatic carbocycles. The van der Waals surface area contributed by atoms with Gasteiger partial charge in [-0.3, -0.25) is 14.3 Å². The van der Waals surface area contributed by atoms with Crippen LogP contribution in [0.4, 0.5) is 5.82 Å². The maximum atomic E-state index is 13.6. The second kappa shape index (κ2) is 15.5. The van der Waals surface area contributed by atoms with Crippen molar-refractivity contribution in [3.63, 3.8) is 0 Å². The normalized spacial score (nSPS) is 22.0. The zero-order chi connectivity index (χ0) is 31.6. The summed E-state index contributed by atoms with van der Waals surface area (Å²) in [7, 11) is -3.66. The van der Waals surface area contributed by atoms with E-state index in [1.54, 1.807) is 0 Å². The number of hydrogen-bond donors (Lipinski definition) is 3. The summed E-state index contributed by atoms with van der Waals surface area (Å²) in [5.74, 6) is -0.809. The fourth-order valence-electron chi connectivity index (χ4n) is 6.07. The van der Waals surface area contributed by atoms with Crippen LogP contribution >= 0.6 is 0 Å². The Bertz CT molecular complexity index is 1510. The second-order valence-corrected chi connectivity index (χ2v) is 13.7. The van der Waals surface area contributed by atoms with Gasteiger partial charge in [-0.25, -0.2) is 13.1 Å². The number of amides is 2. The summed E-state index contributed by atoms with van der Waals surface area (Å²) in [6.45, 7) is 0.642. The second-order valence-electron chi connectivity index (χ2n) is 11.9. The molecule has 12 heteroatoms. The molecule has 1 aromatic heterocycles. The molecule has 1 heterocycles. The third-order valence-electron chi connectivity index (χ3n) is 8.28. The van der Waals surface area contributed by atoms with E-state index >= 15 is 0 Å². The Labute approximate surface area is 265 Å². The van der Waals surface area contributed by atoms with Gasteiger partial charge < -0.3 is 20.1 Å². The van der Waals surface area contributed by atoms with Crippen LogP contribution in [0.2, 0.25) is 0 Å². The van der Waals surface area contributed by atoms with Gasteiger partial charge in [0.25, 0.3) is 5.91 Å². The van der Waals surface area contributed by atoms with Crippen LogP contribution in [-0.2, 0) is 44.1 Å². The molecule has 11 nitrogen and oxygen atoms in total. The first-order valence-electron chi connectivity index (χ1n) is 15.7. The summed E-state index contributed by atoms with van der Waals surface area (Å²) in [4.78, 5) is 26.9. The first kappa shape index (κ1) is 32.6. The van der Waals surface area contributed by atoms with Crippen LogP contribution in [0.15, 0.2) is 66.7 Å².